The Kier molecular flexibility index (Phi) is 3.56. The van der Waals surface area contributed by atoms with E-state index in [0.717, 1.165) is 16.7 Å². The third-order valence-corrected chi connectivity index (χ3v) is 4.24. The van der Waals surface area contributed by atoms with E-state index >= 15 is 0 Å². The summed E-state index contributed by atoms with van der Waals surface area (Å²) < 4.78 is 1.69. The van der Waals surface area contributed by atoms with Gasteiger partial charge < -0.3 is 10.0 Å². The molecule has 1 amide bonds. The van der Waals surface area contributed by atoms with Gasteiger partial charge in [0, 0.05) is 31.7 Å². The molecule has 0 aliphatic carbocycles. The van der Waals surface area contributed by atoms with Crippen LogP contribution in [-0.4, -0.2) is 49.7 Å². The summed E-state index contributed by atoms with van der Waals surface area (Å²) in [4.78, 5) is 29.5. The maximum absolute atomic E-state index is 12.5. The summed E-state index contributed by atoms with van der Waals surface area (Å²) in [5.41, 5.74) is 2.11. The number of rotatable bonds is 2. The molecule has 0 saturated carbocycles. The summed E-state index contributed by atoms with van der Waals surface area (Å²) in [5.74, 6) is -1.21. The van der Waals surface area contributed by atoms with Crippen LogP contribution in [0.1, 0.15) is 28.9 Å². The number of pyridine rings is 1. The number of nitrogens with zero attached hydrogens (tertiary/aromatic N) is 4. The zero-order chi connectivity index (χ0) is 15.9. The average molecular weight is 302 g/mol. The largest absolute Gasteiger partial charge is 0.481 e. The molecular formula is C15H18N4O3. The minimum Gasteiger partial charge on any atom is -0.481 e. The normalized spacial score (nSPS) is 16.2. The van der Waals surface area contributed by atoms with Gasteiger partial charge >= 0.3 is 5.97 Å². The number of carboxylic acid groups (broad SMARTS) is 1. The van der Waals surface area contributed by atoms with Gasteiger partial charge in [-0.05, 0) is 25.8 Å². The molecule has 2 aromatic rings. The van der Waals surface area contributed by atoms with Crippen molar-refractivity contribution < 1.29 is 14.7 Å². The number of carboxylic acids is 1. The zero-order valence-electron chi connectivity index (χ0n) is 12.6. The topological polar surface area (TPSA) is 88.3 Å². The molecule has 0 bridgehead atoms. The third-order valence-electron chi connectivity index (χ3n) is 4.24. The first-order valence-corrected chi connectivity index (χ1v) is 7.29. The molecule has 0 aromatic carbocycles. The SMILES string of the molecule is Cc1nn(C)c2ncc(C(=O)N3CCC(C(=O)O)CC3)cc12. The van der Waals surface area contributed by atoms with Gasteiger partial charge in [-0.2, -0.15) is 5.10 Å². The molecule has 22 heavy (non-hydrogen) atoms. The minimum atomic E-state index is -0.777. The van der Waals surface area contributed by atoms with Gasteiger partial charge in [-0.25, -0.2) is 4.98 Å². The van der Waals surface area contributed by atoms with E-state index in [2.05, 4.69) is 10.1 Å². The van der Waals surface area contributed by atoms with E-state index in [1.165, 1.54) is 0 Å². The van der Waals surface area contributed by atoms with Crippen LogP contribution in [0.3, 0.4) is 0 Å². The van der Waals surface area contributed by atoms with Crippen molar-refractivity contribution in [1.29, 1.82) is 0 Å². The summed E-state index contributed by atoms with van der Waals surface area (Å²) >= 11 is 0. The van der Waals surface area contributed by atoms with Gasteiger partial charge in [0.25, 0.3) is 5.91 Å². The third kappa shape index (κ3) is 2.43. The summed E-state index contributed by atoms with van der Waals surface area (Å²) in [6, 6.07) is 1.82. The molecule has 3 rings (SSSR count). The second-order valence-electron chi connectivity index (χ2n) is 5.71. The van der Waals surface area contributed by atoms with Gasteiger partial charge in [-0.1, -0.05) is 0 Å². The van der Waals surface area contributed by atoms with Crippen LogP contribution in [0.15, 0.2) is 12.3 Å². The minimum absolute atomic E-state index is 0.0958. The molecule has 1 aliphatic heterocycles. The number of piperidine rings is 1. The molecule has 1 aliphatic rings. The highest BCUT2D eigenvalue weighted by Crippen LogP contribution is 2.21. The number of hydrogen-bond donors (Lipinski definition) is 1. The van der Waals surface area contributed by atoms with E-state index in [0.29, 0.717) is 31.5 Å². The lowest BCUT2D eigenvalue weighted by atomic mass is 9.96. The first kappa shape index (κ1) is 14.5. The van der Waals surface area contributed by atoms with Crippen molar-refractivity contribution in [3.63, 3.8) is 0 Å². The quantitative estimate of drug-likeness (QED) is 0.901. The zero-order valence-corrected chi connectivity index (χ0v) is 12.6. The maximum Gasteiger partial charge on any atom is 0.306 e. The number of fused-ring (bicyclic) bond motifs is 1. The molecule has 3 heterocycles. The Bertz CT molecular complexity index is 745. The predicted octanol–water partition coefficient (Wildman–Crippen LogP) is 1.21. The van der Waals surface area contributed by atoms with Crippen LogP contribution in [-0.2, 0) is 11.8 Å². The predicted molar refractivity (Wildman–Crippen MR) is 79.5 cm³/mol. The fraction of sp³-hybridized carbons (Fsp3) is 0.467. The number of hydrogen-bond acceptors (Lipinski definition) is 4. The first-order chi connectivity index (χ1) is 10.5. The number of carbonyl (C=O) groups is 2. The highest BCUT2D eigenvalue weighted by Gasteiger charge is 2.27. The standard InChI is InChI=1S/C15H18N4O3/c1-9-12-7-11(8-16-13(12)18(2)17-9)14(20)19-5-3-10(4-6-19)15(21)22/h7-8,10H,3-6H2,1-2H3,(H,21,22). The van der Waals surface area contributed by atoms with Gasteiger partial charge in [-0.15, -0.1) is 0 Å². The van der Waals surface area contributed by atoms with Crippen molar-refractivity contribution in [2.45, 2.75) is 19.8 Å². The van der Waals surface area contributed by atoms with Crippen LogP contribution in [0.25, 0.3) is 11.0 Å². The number of aromatic nitrogens is 3. The van der Waals surface area contributed by atoms with E-state index in [9.17, 15) is 9.59 Å². The smallest absolute Gasteiger partial charge is 0.306 e. The molecule has 1 fully saturated rings. The number of aliphatic carboxylic acids is 1. The highest BCUT2D eigenvalue weighted by atomic mass is 16.4. The van der Waals surface area contributed by atoms with Crippen LogP contribution in [0, 0.1) is 12.8 Å². The van der Waals surface area contributed by atoms with E-state index in [1.54, 1.807) is 15.8 Å². The van der Waals surface area contributed by atoms with Crippen molar-refractivity contribution in [3.05, 3.63) is 23.5 Å². The van der Waals surface area contributed by atoms with E-state index in [1.807, 2.05) is 20.0 Å². The van der Waals surface area contributed by atoms with Gasteiger partial charge in [0.2, 0.25) is 0 Å². The van der Waals surface area contributed by atoms with Crippen LogP contribution in [0.2, 0.25) is 0 Å². The van der Waals surface area contributed by atoms with Crippen LogP contribution in [0.4, 0.5) is 0 Å². The van der Waals surface area contributed by atoms with Crippen LogP contribution in [0.5, 0.6) is 0 Å². The second-order valence-corrected chi connectivity index (χ2v) is 5.71. The lowest BCUT2D eigenvalue weighted by Gasteiger charge is -2.30. The fourth-order valence-electron chi connectivity index (χ4n) is 2.94. The molecule has 0 spiro atoms. The van der Waals surface area contributed by atoms with Crippen molar-refractivity contribution in [2.75, 3.05) is 13.1 Å². The molecule has 7 heteroatoms. The molecular weight excluding hydrogens is 284 g/mol. The monoisotopic (exact) mass is 302 g/mol. The Morgan fingerprint density at radius 3 is 2.64 bits per heavy atom. The molecule has 0 unspecified atom stereocenters. The summed E-state index contributed by atoms with van der Waals surface area (Å²) in [6.07, 6.45) is 2.57. The number of carbonyl (C=O) groups excluding carboxylic acids is 1. The Morgan fingerprint density at radius 2 is 2.00 bits per heavy atom. The first-order valence-electron chi connectivity index (χ1n) is 7.29. The number of likely N-dealkylation sites (tertiary alicyclic amines) is 1. The van der Waals surface area contributed by atoms with Gasteiger partial charge in [0.05, 0.1) is 17.2 Å². The molecule has 0 radical (unpaired) electrons. The Balaban J connectivity index is 1.81. The summed E-state index contributed by atoms with van der Waals surface area (Å²) in [6.45, 7) is 2.83. The number of amides is 1. The van der Waals surface area contributed by atoms with Crippen molar-refractivity contribution in [2.24, 2.45) is 13.0 Å². The van der Waals surface area contributed by atoms with Gasteiger partial charge in [0.1, 0.15) is 0 Å². The van der Waals surface area contributed by atoms with Gasteiger partial charge in [0.15, 0.2) is 5.65 Å². The molecule has 2 aromatic heterocycles. The Labute approximate surface area is 127 Å². The molecule has 1 N–H and O–H groups in total. The van der Waals surface area contributed by atoms with E-state index in [-0.39, 0.29) is 11.8 Å². The number of aryl methyl sites for hydroxylation is 2. The Morgan fingerprint density at radius 1 is 1.32 bits per heavy atom. The summed E-state index contributed by atoms with van der Waals surface area (Å²) in [7, 11) is 1.82. The van der Waals surface area contributed by atoms with Crippen molar-refractivity contribution in [3.8, 4) is 0 Å². The van der Waals surface area contributed by atoms with Crippen LogP contribution >= 0.6 is 0 Å². The molecule has 1 saturated heterocycles. The van der Waals surface area contributed by atoms with Crippen molar-refractivity contribution >= 4 is 22.9 Å². The molecule has 116 valence electrons. The lowest BCUT2D eigenvalue weighted by Crippen LogP contribution is -2.40. The lowest BCUT2D eigenvalue weighted by molar-refractivity contribution is -0.143. The average Bonchev–Trinajstić information content (AvgIpc) is 2.81. The fourth-order valence-corrected chi connectivity index (χ4v) is 2.94. The molecule has 7 nitrogen and oxygen atoms in total. The second kappa shape index (κ2) is 5.40. The summed E-state index contributed by atoms with van der Waals surface area (Å²) in [5, 5.41) is 14.2. The van der Waals surface area contributed by atoms with Gasteiger partial charge in [-0.3, -0.25) is 14.3 Å². The van der Waals surface area contributed by atoms with Crippen molar-refractivity contribution in [1.82, 2.24) is 19.7 Å². The molecule has 0 atom stereocenters. The maximum atomic E-state index is 12.5. The Hall–Kier alpha value is -2.44. The highest BCUT2D eigenvalue weighted by molar-refractivity contribution is 5.97. The van der Waals surface area contributed by atoms with E-state index in [4.69, 9.17) is 5.11 Å². The van der Waals surface area contributed by atoms with E-state index < -0.39 is 5.97 Å². The van der Waals surface area contributed by atoms with Crippen LogP contribution < -0.4 is 0 Å².